The van der Waals surface area contributed by atoms with E-state index in [4.69, 9.17) is 0 Å². The summed E-state index contributed by atoms with van der Waals surface area (Å²) >= 11 is 3.44. The highest BCUT2D eigenvalue weighted by atomic mass is 79.9. The number of hydrogen-bond acceptors (Lipinski definition) is 2. The van der Waals surface area contributed by atoms with Gasteiger partial charge in [-0.05, 0) is 18.8 Å². The molecule has 0 saturated carbocycles. The van der Waals surface area contributed by atoms with Crippen LogP contribution in [0.3, 0.4) is 0 Å². The van der Waals surface area contributed by atoms with Crippen molar-refractivity contribution in [1.29, 1.82) is 0 Å². The lowest BCUT2D eigenvalue weighted by molar-refractivity contribution is -0.132. The normalized spacial score (nSPS) is 19.2. The quantitative estimate of drug-likeness (QED) is 0.804. The molecule has 1 heterocycles. The van der Waals surface area contributed by atoms with Gasteiger partial charge >= 0.3 is 0 Å². The Morgan fingerprint density at radius 3 is 2.24 bits per heavy atom. The number of nitrogens with one attached hydrogen (secondary N) is 1. The van der Waals surface area contributed by atoms with Crippen molar-refractivity contribution in [3.63, 3.8) is 0 Å². The number of piperidine rings is 1. The van der Waals surface area contributed by atoms with Gasteiger partial charge in [0.1, 0.15) is 0 Å². The van der Waals surface area contributed by atoms with Crippen LogP contribution in [0.5, 0.6) is 0 Å². The Hall–Kier alpha value is -0.580. The van der Waals surface area contributed by atoms with Crippen LogP contribution in [0.15, 0.2) is 0 Å². The second-order valence-corrected chi connectivity index (χ2v) is 5.93. The molecule has 0 aliphatic carbocycles. The molecule has 1 aliphatic heterocycles. The third-order valence-corrected chi connectivity index (χ3v) is 4.48. The molecule has 0 radical (unpaired) electrons. The van der Waals surface area contributed by atoms with Gasteiger partial charge in [0.15, 0.2) is 0 Å². The highest BCUT2D eigenvalue weighted by molar-refractivity contribution is 9.10. The summed E-state index contributed by atoms with van der Waals surface area (Å²) in [5, 5.41) is 2.90. The second kappa shape index (κ2) is 6.38. The largest absolute Gasteiger partial charge is 0.353 e. The Labute approximate surface area is 111 Å². The Morgan fingerprint density at radius 2 is 1.82 bits per heavy atom. The molecule has 1 fully saturated rings. The standard InChI is InChI=1S/C12H21BrN2O2/c1-8(2)11(13)12(17)15-6-4-10(5-7-15)14-9(3)16/h8,10-11H,4-7H2,1-3H3,(H,14,16). The van der Waals surface area contributed by atoms with E-state index in [1.165, 1.54) is 6.92 Å². The maximum absolute atomic E-state index is 12.1. The summed E-state index contributed by atoms with van der Waals surface area (Å²) in [6, 6.07) is 0.226. The van der Waals surface area contributed by atoms with Crippen molar-refractivity contribution >= 4 is 27.7 Å². The molecule has 0 bridgehead atoms. The molecule has 0 aromatic heterocycles. The zero-order valence-corrected chi connectivity index (χ0v) is 12.3. The van der Waals surface area contributed by atoms with E-state index < -0.39 is 0 Å². The van der Waals surface area contributed by atoms with E-state index in [0.29, 0.717) is 5.92 Å². The number of rotatable bonds is 3. The number of hydrogen-bond donors (Lipinski definition) is 1. The maximum Gasteiger partial charge on any atom is 0.236 e. The molecule has 1 rings (SSSR count). The van der Waals surface area contributed by atoms with Gasteiger partial charge in [-0.2, -0.15) is 0 Å². The van der Waals surface area contributed by atoms with Crippen molar-refractivity contribution < 1.29 is 9.59 Å². The van der Waals surface area contributed by atoms with Crippen LogP contribution in [0.25, 0.3) is 0 Å². The van der Waals surface area contributed by atoms with Crippen LogP contribution in [0.1, 0.15) is 33.6 Å². The van der Waals surface area contributed by atoms with Crippen molar-refractivity contribution in [3.05, 3.63) is 0 Å². The Bertz CT molecular complexity index is 286. The molecule has 2 amide bonds. The lowest BCUT2D eigenvalue weighted by Crippen LogP contribution is -2.48. The van der Waals surface area contributed by atoms with Crippen LogP contribution in [0.2, 0.25) is 0 Å². The van der Waals surface area contributed by atoms with E-state index in [9.17, 15) is 9.59 Å². The lowest BCUT2D eigenvalue weighted by atomic mass is 10.0. The molecule has 1 atom stereocenters. The van der Waals surface area contributed by atoms with Gasteiger partial charge in [0.05, 0.1) is 4.83 Å². The molecule has 1 saturated heterocycles. The first-order valence-corrected chi connectivity index (χ1v) is 7.03. The Balaban J connectivity index is 2.41. The fourth-order valence-corrected chi connectivity index (χ4v) is 2.28. The highest BCUT2D eigenvalue weighted by Gasteiger charge is 2.28. The molecule has 4 nitrogen and oxygen atoms in total. The van der Waals surface area contributed by atoms with Crippen molar-refractivity contribution in [2.45, 2.75) is 44.5 Å². The highest BCUT2D eigenvalue weighted by Crippen LogP contribution is 2.18. The molecular weight excluding hydrogens is 284 g/mol. The molecule has 98 valence electrons. The number of carbonyl (C=O) groups is 2. The summed E-state index contributed by atoms with van der Waals surface area (Å²) in [5.74, 6) is 0.479. The minimum atomic E-state index is -0.0974. The second-order valence-electron chi connectivity index (χ2n) is 4.95. The fraction of sp³-hybridized carbons (Fsp3) is 0.833. The molecule has 17 heavy (non-hydrogen) atoms. The zero-order chi connectivity index (χ0) is 13.0. The maximum atomic E-state index is 12.1. The molecule has 0 aromatic rings. The van der Waals surface area contributed by atoms with Gasteiger partial charge in [-0.1, -0.05) is 29.8 Å². The predicted molar refractivity (Wildman–Crippen MR) is 71.0 cm³/mol. The van der Waals surface area contributed by atoms with Gasteiger partial charge < -0.3 is 10.2 Å². The van der Waals surface area contributed by atoms with Gasteiger partial charge in [0.2, 0.25) is 11.8 Å². The summed E-state index contributed by atoms with van der Waals surface area (Å²) < 4.78 is 0. The topological polar surface area (TPSA) is 49.4 Å². The molecule has 0 aromatic carbocycles. The molecular formula is C12H21BrN2O2. The predicted octanol–water partition coefficient (Wildman–Crippen LogP) is 1.53. The number of carbonyl (C=O) groups excluding carboxylic acids is 2. The van der Waals surface area contributed by atoms with Crippen molar-refractivity contribution in [3.8, 4) is 0 Å². The number of alkyl halides is 1. The summed E-state index contributed by atoms with van der Waals surface area (Å²) in [5.41, 5.74) is 0. The summed E-state index contributed by atoms with van der Waals surface area (Å²) in [6.45, 7) is 7.06. The van der Waals surface area contributed by atoms with Crippen LogP contribution in [-0.4, -0.2) is 40.7 Å². The van der Waals surface area contributed by atoms with E-state index in [1.54, 1.807) is 0 Å². The first-order chi connectivity index (χ1) is 7.91. The minimum Gasteiger partial charge on any atom is -0.353 e. The third kappa shape index (κ3) is 4.30. The van der Waals surface area contributed by atoms with Gasteiger partial charge in [-0.3, -0.25) is 9.59 Å². The average Bonchev–Trinajstić information content (AvgIpc) is 2.27. The minimum absolute atomic E-state index is 0.00956. The van der Waals surface area contributed by atoms with Crippen molar-refractivity contribution in [2.24, 2.45) is 5.92 Å². The van der Waals surface area contributed by atoms with Gasteiger partial charge in [-0.25, -0.2) is 0 Å². The first-order valence-electron chi connectivity index (χ1n) is 6.11. The average molecular weight is 305 g/mol. The van der Waals surface area contributed by atoms with E-state index >= 15 is 0 Å². The number of nitrogens with zero attached hydrogens (tertiary/aromatic N) is 1. The molecule has 1 aliphatic rings. The summed E-state index contributed by atoms with van der Waals surface area (Å²) in [6.07, 6.45) is 1.70. The monoisotopic (exact) mass is 304 g/mol. The third-order valence-electron chi connectivity index (χ3n) is 3.04. The molecule has 5 heteroatoms. The van der Waals surface area contributed by atoms with Gasteiger partial charge in [-0.15, -0.1) is 0 Å². The zero-order valence-electron chi connectivity index (χ0n) is 10.7. The Morgan fingerprint density at radius 1 is 1.29 bits per heavy atom. The van der Waals surface area contributed by atoms with Crippen LogP contribution in [-0.2, 0) is 9.59 Å². The molecule has 1 N–H and O–H groups in total. The number of halogens is 1. The van der Waals surface area contributed by atoms with Crippen molar-refractivity contribution in [1.82, 2.24) is 10.2 Å². The van der Waals surface area contributed by atoms with E-state index in [1.807, 2.05) is 18.7 Å². The summed E-state index contributed by atoms with van der Waals surface area (Å²) in [7, 11) is 0. The van der Waals surface area contributed by atoms with Crippen LogP contribution in [0.4, 0.5) is 0 Å². The van der Waals surface area contributed by atoms with E-state index in [0.717, 1.165) is 25.9 Å². The Kier molecular flexibility index (Phi) is 5.43. The van der Waals surface area contributed by atoms with Crippen molar-refractivity contribution in [2.75, 3.05) is 13.1 Å². The van der Waals surface area contributed by atoms with Gasteiger partial charge in [0.25, 0.3) is 0 Å². The lowest BCUT2D eigenvalue weighted by Gasteiger charge is -2.34. The summed E-state index contributed by atoms with van der Waals surface area (Å²) in [4.78, 5) is 24.8. The molecule has 0 spiro atoms. The SMILES string of the molecule is CC(=O)NC1CCN(C(=O)C(Br)C(C)C)CC1. The fourth-order valence-electron chi connectivity index (χ4n) is 1.99. The number of likely N-dealkylation sites (tertiary alicyclic amines) is 1. The van der Waals surface area contributed by atoms with Crippen LogP contribution in [0, 0.1) is 5.92 Å². The van der Waals surface area contributed by atoms with E-state index in [2.05, 4.69) is 21.2 Å². The number of amides is 2. The molecule has 1 unspecified atom stereocenters. The first kappa shape index (κ1) is 14.5. The smallest absolute Gasteiger partial charge is 0.236 e. The van der Waals surface area contributed by atoms with Crippen LogP contribution >= 0.6 is 15.9 Å². The van der Waals surface area contributed by atoms with E-state index in [-0.39, 0.29) is 22.7 Å². The van der Waals surface area contributed by atoms with Crippen LogP contribution < -0.4 is 5.32 Å². The van der Waals surface area contributed by atoms with Gasteiger partial charge in [0, 0.05) is 26.1 Å².